The largest absolute Gasteiger partial charge is 0.516 e. The molecule has 1 rings (SSSR count). The molecular formula is C24H40O7. The fraction of sp³-hybridized carbons (Fsp3) is 0.750. The molecule has 0 amide bonds. The van der Waals surface area contributed by atoms with Gasteiger partial charge in [0.15, 0.2) is 0 Å². The molecule has 1 aromatic rings. The maximum atomic E-state index is 11.7. The summed E-state index contributed by atoms with van der Waals surface area (Å²) in [7, 11) is 0. The highest BCUT2D eigenvalue weighted by Crippen LogP contribution is 2.23. The number of rotatable bonds is 16. The second kappa shape index (κ2) is 16.5. The average molecular weight is 441 g/mol. The third-order valence-electron chi connectivity index (χ3n) is 4.72. The third-order valence-corrected chi connectivity index (χ3v) is 4.72. The van der Waals surface area contributed by atoms with Crippen molar-refractivity contribution in [1.29, 1.82) is 0 Å². The second-order valence-electron chi connectivity index (χ2n) is 8.67. The minimum atomic E-state index is -0.844. The maximum absolute atomic E-state index is 11.7. The topological polar surface area (TPSA) is 84.2 Å². The van der Waals surface area contributed by atoms with Crippen LogP contribution < -0.4 is 9.47 Å². The van der Waals surface area contributed by atoms with Gasteiger partial charge < -0.3 is 23.4 Å². The predicted octanol–water partition coefficient (Wildman–Crippen LogP) is 7.52. The monoisotopic (exact) mass is 440 g/mol. The summed E-state index contributed by atoms with van der Waals surface area (Å²) in [6.45, 7) is 9.45. The summed E-state index contributed by atoms with van der Waals surface area (Å²) in [4.78, 5) is 23.3. The van der Waals surface area contributed by atoms with Crippen LogP contribution in [0.4, 0.5) is 9.59 Å². The van der Waals surface area contributed by atoms with Crippen molar-refractivity contribution in [1.82, 2.24) is 0 Å². The van der Waals surface area contributed by atoms with Crippen LogP contribution in [0.2, 0.25) is 0 Å². The molecule has 0 aromatic carbocycles. The van der Waals surface area contributed by atoms with Crippen molar-refractivity contribution >= 4 is 12.3 Å². The van der Waals surface area contributed by atoms with Gasteiger partial charge >= 0.3 is 12.3 Å². The summed E-state index contributed by atoms with van der Waals surface area (Å²) < 4.78 is 25.0. The van der Waals surface area contributed by atoms with Gasteiger partial charge in [0.1, 0.15) is 0 Å². The first-order valence-electron chi connectivity index (χ1n) is 11.7. The van der Waals surface area contributed by atoms with Gasteiger partial charge in [0.25, 0.3) is 11.9 Å². The van der Waals surface area contributed by atoms with Crippen LogP contribution in [-0.4, -0.2) is 25.5 Å². The van der Waals surface area contributed by atoms with E-state index in [-0.39, 0.29) is 11.9 Å². The van der Waals surface area contributed by atoms with Crippen LogP contribution in [0, 0.1) is 11.8 Å². The fourth-order valence-corrected chi connectivity index (χ4v) is 2.96. The molecule has 178 valence electrons. The summed E-state index contributed by atoms with van der Waals surface area (Å²) in [5.74, 6) is 1.24. The number of carbonyl (C=O) groups is 2. The Labute approximate surface area is 186 Å². The van der Waals surface area contributed by atoms with E-state index in [4.69, 9.17) is 23.4 Å². The molecule has 0 aliphatic heterocycles. The van der Waals surface area contributed by atoms with Crippen molar-refractivity contribution in [3.8, 4) is 11.9 Å². The van der Waals surface area contributed by atoms with Gasteiger partial charge in [0.2, 0.25) is 0 Å². The SMILES string of the molecule is CC(C)CCCCCCOC(=O)Oc1ccc(OC(=O)OCCCCCCC(C)C)o1. The van der Waals surface area contributed by atoms with Crippen LogP contribution in [0.1, 0.15) is 91.9 Å². The molecule has 1 aromatic heterocycles. The first kappa shape index (κ1) is 26.9. The second-order valence-corrected chi connectivity index (χ2v) is 8.67. The van der Waals surface area contributed by atoms with Gasteiger partial charge in [-0.25, -0.2) is 9.59 Å². The smallest absolute Gasteiger partial charge is 0.434 e. The first-order valence-corrected chi connectivity index (χ1v) is 11.7. The number of hydrogen-bond donors (Lipinski definition) is 0. The van der Waals surface area contributed by atoms with E-state index in [0.29, 0.717) is 13.2 Å². The van der Waals surface area contributed by atoms with Gasteiger partial charge in [-0.2, -0.15) is 0 Å². The van der Waals surface area contributed by atoms with Gasteiger partial charge in [-0.1, -0.05) is 79.1 Å². The number of hydrogen-bond acceptors (Lipinski definition) is 7. The molecule has 0 aliphatic carbocycles. The van der Waals surface area contributed by atoms with E-state index in [1.165, 1.54) is 37.8 Å². The number of furan rings is 1. The van der Waals surface area contributed by atoms with Gasteiger partial charge in [-0.15, -0.1) is 0 Å². The van der Waals surface area contributed by atoms with Gasteiger partial charge in [0, 0.05) is 12.1 Å². The summed E-state index contributed by atoms with van der Waals surface area (Å²) in [5.41, 5.74) is 0. The van der Waals surface area contributed by atoms with E-state index in [2.05, 4.69) is 27.7 Å². The Hall–Kier alpha value is -2.18. The molecule has 7 nitrogen and oxygen atoms in total. The minimum absolute atomic E-state index is 0.102. The predicted molar refractivity (Wildman–Crippen MR) is 119 cm³/mol. The highest BCUT2D eigenvalue weighted by molar-refractivity contribution is 5.64. The lowest BCUT2D eigenvalue weighted by molar-refractivity contribution is 0.0787. The Bertz CT molecular complexity index is 556. The highest BCUT2D eigenvalue weighted by Gasteiger charge is 2.14. The van der Waals surface area contributed by atoms with E-state index in [1.54, 1.807) is 0 Å². The summed E-state index contributed by atoms with van der Waals surface area (Å²) >= 11 is 0. The molecule has 0 saturated heterocycles. The Morgan fingerprint density at radius 2 is 1.06 bits per heavy atom. The third kappa shape index (κ3) is 15.3. The highest BCUT2D eigenvalue weighted by atomic mass is 16.8. The van der Waals surface area contributed by atoms with Gasteiger partial charge in [0.05, 0.1) is 13.2 Å². The van der Waals surface area contributed by atoms with E-state index in [0.717, 1.165) is 50.4 Å². The lowest BCUT2D eigenvalue weighted by Crippen LogP contribution is -2.11. The molecule has 0 unspecified atom stereocenters. The Morgan fingerprint density at radius 3 is 1.45 bits per heavy atom. The zero-order valence-electron chi connectivity index (χ0n) is 19.7. The summed E-state index contributed by atoms with van der Waals surface area (Å²) in [6.07, 6.45) is 9.01. The maximum Gasteiger partial charge on any atom is 0.516 e. The first-order chi connectivity index (χ1) is 14.9. The molecule has 0 aliphatic rings. The van der Waals surface area contributed by atoms with E-state index < -0.39 is 12.3 Å². The van der Waals surface area contributed by atoms with Crippen molar-refractivity contribution < 1.29 is 33.0 Å². The van der Waals surface area contributed by atoms with Crippen molar-refractivity contribution in [2.45, 2.75) is 91.9 Å². The van der Waals surface area contributed by atoms with Crippen LogP contribution in [0.5, 0.6) is 11.9 Å². The van der Waals surface area contributed by atoms with Crippen LogP contribution in [-0.2, 0) is 9.47 Å². The molecular weight excluding hydrogens is 400 g/mol. The van der Waals surface area contributed by atoms with E-state index >= 15 is 0 Å². The molecule has 0 bridgehead atoms. The normalized spacial score (nSPS) is 11.0. The molecule has 0 saturated carbocycles. The van der Waals surface area contributed by atoms with Gasteiger partial charge in [-0.3, -0.25) is 0 Å². The molecule has 0 N–H and O–H groups in total. The molecule has 0 atom stereocenters. The van der Waals surface area contributed by atoms with Crippen LogP contribution >= 0.6 is 0 Å². The standard InChI is InChI=1S/C24H40O7/c1-19(2)13-9-5-7-11-17-27-23(25)30-21-15-16-22(29-21)31-24(26)28-18-12-8-6-10-14-20(3)4/h15-16,19-20H,5-14,17-18H2,1-4H3. The van der Waals surface area contributed by atoms with Crippen LogP contribution in [0.15, 0.2) is 16.5 Å². The number of carbonyl (C=O) groups excluding carboxylic acids is 2. The van der Waals surface area contributed by atoms with Crippen molar-refractivity contribution in [2.24, 2.45) is 11.8 Å². The zero-order chi connectivity index (χ0) is 22.9. The molecule has 1 heterocycles. The lowest BCUT2D eigenvalue weighted by atomic mass is 10.0. The van der Waals surface area contributed by atoms with E-state index in [9.17, 15) is 9.59 Å². The Morgan fingerprint density at radius 1 is 0.677 bits per heavy atom. The molecule has 0 fully saturated rings. The fourth-order valence-electron chi connectivity index (χ4n) is 2.96. The Kier molecular flexibility index (Phi) is 14.3. The van der Waals surface area contributed by atoms with Crippen LogP contribution in [0.25, 0.3) is 0 Å². The Balaban J connectivity index is 2.09. The zero-order valence-corrected chi connectivity index (χ0v) is 19.7. The molecule has 31 heavy (non-hydrogen) atoms. The molecule has 0 radical (unpaired) electrons. The van der Waals surface area contributed by atoms with E-state index in [1.807, 2.05) is 0 Å². The quantitative estimate of drug-likeness (QED) is 0.194. The summed E-state index contributed by atoms with van der Waals surface area (Å²) in [5, 5.41) is 0. The minimum Gasteiger partial charge on any atom is -0.434 e. The van der Waals surface area contributed by atoms with Crippen molar-refractivity contribution in [2.75, 3.05) is 13.2 Å². The summed E-state index contributed by atoms with van der Waals surface area (Å²) in [6, 6.07) is 2.76. The van der Waals surface area contributed by atoms with Crippen molar-refractivity contribution in [3.63, 3.8) is 0 Å². The number of unbranched alkanes of at least 4 members (excludes halogenated alkanes) is 6. The average Bonchev–Trinajstić information content (AvgIpc) is 3.12. The molecule has 0 spiro atoms. The lowest BCUT2D eigenvalue weighted by Gasteiger charge is -2.06. The number of ether oxygens (including phenoxy) is 4. The van der Waals surface area contributed by atoms with Crippen molar-refractivity contribution in [3.05, 3.63) is 12.1 Å². The molecule has 7 heteroatoms. The van der Waals surface area contributed by atoms with Crippen LogP contribution in [0.3, 0.4) is 0 Å². The van der Waals surface area contributed by atoms with Gasteiger partial charge in [-0.05, 0) is 24.7 Å².